The first kappa shape index (κ1) is 18.4. The summed E-state index contributed by atoms with van der Waals surface area (Å²) in [6.07, 6.45) is 3.93. The number of anilines is 1. The van der Waals surface area contributed by atoms with Gasteiger partial charge in [-0.05, 0) is 31.9 Å². The van der Waals surface area contributed by atoms with E-state index < -0.39 is 0 Å². The second kappa shape index (κ2) is 11.0. The fourth-order valence-corrected chi connectivity index (χ4v) is 1.95. The molecule has 0 aliphatic heterocycles. The third-order valence-corrected chi connectivity index (χ3v) is 3.33. The predicted molar refractivity (Wildman–Crippen MR) is 93.4 cm³/mol. The summed E-state index contributed by atoms with van der Waals surface area (Å²) in [4.78, 5) is 22.9. The molecule has 0 heterocycles. The quantitative estimate of drug-likeness (QED) is 0.417. The summed E-state index contributed by atoms with van der Waals surface area (Å²) in [5.74, 6) is -0.0254. The van der Waals surface area contributed by atoms with Crippen molar-refractivity contribution < 1.29 is 9.59 Å². The number of carbonyl (C=O) groups is 2. The number of hydrogen-bond donors (Lipinski definition) is 4. The van der Waals surface area contributed by atoms with Gasteiger partial charge < -0.3 is 16.0 Å². The van der Waals surface area contributed by atoms with Gasteiger partial charge in [0, 0.05) is 18.8 Å². The third kappa shape index (κ3) is 8.56. The van der Waals surface area contributed by atoms with Crippen LogP contribution in [-0.4, -0.2) is 30.3 Å². The standard InChI is InChI=1S/C16H25N3O2S/c1-13(22)15(20)17-11-7-2-3-8-12-18-16(21)19-14-9-5-4-6-10-14/h4-6,9-10,13,22H,2-3,7-8,11-12H2,1H3,(H,17,20)(H2,18,19,21). The zero-order valence-corrected chi connectivity index (χ0v) is 13.9. The highest BCUT2D eigenvalue weighted by atomic mass is 32.1. The maximum atomic E-state index is 11.6. The molecular weight excluding hydrogens is 298 g/mol. The summed E-state index contributed by atoms with van der Waals surface area (Å²) in [7, 11) is 0. The van der Waals surface area contributed by atoms with E-state index in [0.29, 0.717) is 13.1 Å². The van der Waals surface area contributed by atoms with Crippen molar-refractivity contribution in [1.29, 1.82) is 0 Å². The van der Waals surface area contributed by atoms with Crippen LogP contribution in [0.5, 0.6) is 0 Å². The Morgan fingerprint density at radius 3 is 2.18 bits per heavy atom. The molecule has 0 saturated carbocycles. The molecule has 6 heteroatoms. The summed E-state index contributed by atoms with van der Waals surface area (Å²) in [6.45, 7) is 3.09. The zero-order chi connectivity index (χ0) is 16.2. The number of hydrogen-bond acceptors (Lipinski definition) is 3. The molecular formula is C16H25N3O2S. The third-order valence-electron chi connectivity index (χ3n) is 3.10. The monoisotopic (exact) mass is 323 g/mol. The highest BCUT2D eigenvalue weighted by molar-refractivity contribution is 7.81. The molecule has 0 aromatic heterocycles. The normalized spacial score (nSPS) is 11.5. The Morgan fingerprint density at radius 2 is 1.59 bits per heavy atom. The van der Waals surface area contributed by atoms with Crippen LogP contribution in [0, 0.1) is 0 Å². The van der Waals surface area contributed by atoms with E-state index in [1.165, 1.54) is 0 Å². The molecule has 3 N–H and O–H groups in total. The first-order valence-electron chi connectivity index (χ1n) is 7.65. The Balaban J connectivity index is 1.95. The number of amides is 3. The lowest BCUT2D eigenvalue weighted by molar-refractivity contribution is -0.120. The van der Waals surface area contributed by atoms with Crippen molar-refractivity contribution in [3.63, 3.8) is 0 Å². The van der Waals surface area contributed by atoms with E-state index in [1.807, 2.05) is 30.3 Å². The van der Waals surface area contributed by atoms with Gasteiger partial charge in [0.2, 0.25) is 5.91 Å². The van der Waals surface area contributed by atoms with Gasteiger partial charge in [-0.2, -0.15) is 12.6 Å². The van der Waals surface area contributed by atoms with Gasteiger partial charge in [0.05, 0.1) is 5.25 Å². The largest absolute Gasteiger partial charge is 0.355 e. The van der Waals surface area contributed by atoms with Crippen LogP contribution in [0.4, 0.5) is 10.5 Å². The summed E-state index contributed by atoms with van der Waals surface area (Å²) in [5, 5.41) is 8.16. The molecule has 0 radical (unpaired) electrons. The van der Waals surface area contributed by atoms with Gasteiger partial charge >= 0.3 is 6.03 Å². The molecule has 0 saturated heterocycles. The lowest BCUT2D eigenvalue weighted by atomic mass is 10.2. The average molecular weight is 323 g/mol. The molecule has 0 bridgehead atoms. The highest BCUT2D eigenvalue weighted by Crippen LogP contribution is 2.04. The molecule has 5 nitrogen and oxygen atoms in total. The number of carbonyl (C=O) groups excluding carboxylic acids is 2. The van der Waals surface area contributed by atoms with Crippen molar-refractivity contribution in [3.05, 3.63) is 30.3 Å². The lowest BCUT2D eigenvalue weighted by Crippen LogP contribution is -2.30. The molecule has 3 amide bonds. The van der Waals surface area contributed by atoms with Gasteiger partial charge in [-0.25, -0.2) is 4.79 Å². The first-order chi connectivity index (χ1) is 10.6. The molecule has 1 rings (SSSR count). The van der Waals surface area contributed by atoms with Gasteiger partial charge in [-0.1, -0.05) is 31.0 Å². The number of thiol groups is 1. The van der Waals surface area contributed by atoms with Gasteiger partial charge in [0.15, 0.2) is 0 Å². The fraction of sp³-hybridized carbons (Fsp3) is 0.500. The van der Waals surface area contributed by atoms with E-state index in [0.717, 1.165) is 31.4 Å². The van der Waals surface area contributed by atoms with Crippen LogP contribution >= 0.6 is 12.6 Å². The second-order valence-corrected chi connectivity index (χ2v) is 5.90. The van der Waals surface area contributed by atoms with Crippen molar-refractivity contribution >= 4 is 30.3 Å². The van der Waals surface area contributed by atoms with E-state index in [4.69, 9.17) is 0 Å². The number of para-hydroxylation sites is 1. The number of rotatable bonds is 9. The van der Waals surface area contributed by atoms with E-state index in [2.05, 4.69) is 28.6 Å². The van der Waals surface area contributed by atoms with E-state index in [-0.39, 0.29) is 17.2 Å². The molecule has 22 heavy (non-hydrogen) atoms. The van der Waals surface area contributed by atoms with Crippen LogP contribution in [0.3, 0.4) is 0 Å². The Bertz CT molecular complexity index is 452. The number of urea groups is 1. The maximum Gasteiger partial charge on any atom is 0.319 e. The smallest absolute Gasteiger partial charge is 0.319 e. The zero-order valence-electron chi connectivity index (χ0n) is 13.0. The molecule has 1 aromatic rings. The molecule has 0 aliphatic rings. The Kier molecular flexibility index (Phi) is 9.14. The van der Waals surface area contributed by atoms with Crippen LogP contribution in [0.15, 0.2) is 30.3 Å². The van der Waals surface area contributed by atoms with E-state index in [9.17, 15) is 9.59 Å². The Labute approximate surface area is 137 Å². The van der Waals surface area contributed by atoms with Crippen molar-refractivity contribution in [1.82, 2.24) is 10.6 Å². The highest BCUT2D eigenvalue weighted by Gasteiger charge is 2.05. The van der Waals surface area contributed by atoms with Crippen molar-refractivity contribution in [2.75, 3.05) is 18.4 Å². The van der Waals surface area contributed by atoms with E-state index >= 15 is 0 Å². The van der Waals surface area contributed by atoms with Gasteiger partial charge in [-0.15, -0.1) is 0 Å². The number of nitrogens with one attached hydrogen (secondary N) is 3. The lowest BCUT2D eigenvalue weighted by Gasteiger charge is -2.08. The minimum Gasteiger partial charge on any atom is -0.355 e. The molecule has 122 valence electrons. The first-order valence-corrected chi connectivity index (χ1v) is 8.17. The van der Waals surface area contributed by atoms with E-state index in [1.54, 1.807) is 6.92 Å². The molecule has 0 fully saturated rings. The van der Waals surface area contributed by atoms with Crippen LogP contribution in [-0.2, 0) is 4.79 Å². The fourth-order valence-electron chi connectivity index (χ4n) is 1.86. The van der Waals surface area contributed by atoms with Crippen LogP contribution < -0.4 is 16.0 Å². The number of benzene rings is 1. The SMILES string of the molecule is CC(S)C(=O)NCCCCCCNC(=O)Nc1ccccc1. The molecule has 1 atom stereocenters. The predicted octanol–water partition coefficient (Wildman–Crippen LogP) is 2.80. The average Bonchev–Trinajstić information content (AvgIpc) is 2.50. The molecule has 0 aliphatic carbocycles. The van der Waals surface area contributed by atoms with Crippen molar-refractivity contribution in [2.45, 2.75) is 37.9 Å². The van der Waals surface area contributed by atoms with Crippen molar-refractivity contribution in [2.24, 2.45) is 0 Å². The summed E-state index contributed by atoms with van der Waals surface area (Å²) >= 11 is 4.06. The van der Waals surface area contributed by atoms with Crippen molar-refractivity contribution in [3.8, 4) is 0 Å². The minimum absolute atomic E-state index is 0.0254. The molecule has 1 unspecified atom stereocenters. The van der Waals surface area contributed by atoms with Gasteiger partial charge in [-0.3, -0.25) is 4.79 Å². The second-order valence-electron chi connectivity index (χ2n) is 5.13. The van der Waals surface area contributed by atoms with Gasteiger partial charge in [0.25, 0.3) is 0 Å². The van der Waals surface area contributed by atoms with Crippen LogP contribution in [0.25, 0.3) is 0 Å². The number of unbranched alkanes of at least 4 members (excludes halogenated alkanes) is 3. The van der Waals surface area contributed by atoms with Crippen LogP contribution in [0.2, 0.25) is 0 Å². The molecule has 0 spiro atoms. The summed E-state index contributed by atoms with van der Waals surface area (Å²) < 4.78 is 0. The summed E-state index contributed by atoms with van der Waals surface area (Å²) in [5.41, 5.74) is 0.786. The maximum absolute atomic E-state index is 11.6. The topological polar surface area (TPSA) is 70.2 Å². The molecule has 1 aromatic carbocycles. The Hall–Kier alpha value is -1.69. The minimum atomic E-state index is -0.257. The van der Waals surface area contributed by atoms with Crippen LogP contribution in [0.1, 0.15) is 32.6 Å². The Morgan fingerprint density at radius 1 is 1.00 bits per heavy atom. The summed E-state index contributed by atoms with van der Waals surface area (Å²) in [6, 6.07) is 9.18. The van der Waals surface area contributed by atoms with Gasteiger partial charge in [0.1, 0.15) is 0 Å².